The van der Waals surface area contributed by atoms with Crippen molar-refractivity contribution < 1.29 is 0 Å². The van der Waals surface area contributed by atoms with E-state index >= 15 is 0 Å². The number of nitrogens with zero attached hydrogens (tertiary/aromatic N) is 1. The average molecular weight is 281 g/mol. The first kappa shape index (κ1) is 15.0. The minimum absolute atomic E-state index is 0.648. The smallest absolute Gasteiger partial charge is 0.0648 e. The molecule has 110 valence electrons. The molecule has 0 fully saturated rings. The van der Waals surface area contributed by atoms with Gasteiger partial charge in [-0.05, 0) is 11.6 Å². The van der Waals surface area contributed by atoms with E-state index in [4.69, 9.17) is 11.5 Å². The number of hydrogen-bond donors (Lipinski definition) is 2. The molecular weight excluding hydrogens is 258 g/mol. The molecule has 0 aromatic heterocycles. The molecule has 1 heterocycles. The summed E-state index contributed by atoms with van der Waals surface area (Å²) in [6.07, 6.45) is 0. The number of fused-ring (bicyclic) bond motifs is 2. The van der Waals surface area contributed by atoms with E-state index in [-0.39, 0.29) is 0 Å². The maximum Gasteiger partial charge on any atom is 0.0648 e. The van der Waals surface area contributed by atoms with Crippen molar-refractivity contribution in [1.82, 2.24) is 0 Å². The monoisotopic (exact) mass is 281 g/mol. The van der Waals surface area contributed by atoms with E-state index in [2.05, 4.69) is 24.1 Å². The van der Waals surface area contributed by atoms with Crippen LogP contribution in [0.3, 0.4) is 0 Å². The third-order valence-corrected chi connectivity index (χ3v) is 3.61. The van der Waals surface area contributed by atoms with Gasteiger partial charge in [0.05, 0.1) is 11.4 Å². The zero-order chi connectivity index (χ0) is 15.4. The standard InChI is InChI=1S/C16H17N3.C2H6/c1-19-10-11-6-2-3-7-12(11)15(17)16(18)13-8-4-5-9-14(13)19;1-2/h2-9H,10,17-18H2,1H3;1-2H3/b16-15-;. The lowest BCUT2D eigenvalue weighted by Gasteiger charge is -2.27. The molecule has 0 amide bonds. The summed E-state index contributed by atoms with van der Waals surface area (Å²) in [6, 6.07) is 16.2. The summed E-state index contributed by atoms with van der Waals surface area (Å²) in [7, 11) is 2.07. The van der Waals surface area contributed by atoms with Crippen LogP contribution < -0.4 is 16.4 Å². The van der Waals surface area contributed by atoms with Gasteiger partial charge in [0.25, 0.3) is 0 Å². The minimum atomic E-state index is 0.648. The lowest BCUT2D eigenvalue weighted by molar-refractivity contribution is 0.914. The first-order valence-corrected chi connectivity index (χ1v) is 7.32. The minimum Gasteiger partial charge on any atom is -0.397 e. The Balaban J connectivity index is 0.000000774. The van der Waals surface area contributed by atoms with Crippen molar-refractivity contribution >= 4 is 17.1 Å². The first-order valence-electron chi connectivity index (χ1n) is 7.32. The molecule has 21 heavy (non-hydrogen) atoms. The Hall–Kier alpha value is -2.42. The van der Waals surface area contributed by atoms with Crippen LogP contribution in [0.2, 0.25) is 0 Å². The molecule has 0 saturated heterocycles. The summed E-state index contributed by atoms with van der Waals surface area (Å²) < 4.78 is 0. The van der Waals surface area contributed by atoms with Crippen LogP contribution in [0.5, 0.6) is 0 Å². The van der Waals surface area contributed by atoms with Crippen molar-refractivity contribution in [3.05, 3.63) is 65.2 Å². The normalized spacial score (nSPS) is 16.8. The summed E-state index contributed by atoms with van der Waals surface area (Å²) >= 11 is 0. The second kappa shape index (κ2) is 6.35. The van der Waals surface area contributed by atoms with Crippen LogP contribution in [-0.4, -0.2) is 7.05 Å². The molecule has 4 N–H and O–H groups in total. The van der Waals surface area contributed by atoms with Gasteiger partial charge in [-0.25, -0.2) is 0 Å². The summed E-state index contributed by atoms with van der Waals surface area (Å²) in [5, 5.41) is 0. The van der Waals surface area contributed by atoms with Crippen LogP contribution in [0.4, 0.5) is 5.69 Å². The van der Waals surface area contributed by atoms with Gasteiger partial charge >= 0.3 is 0 Å². The van der Waals surface area contributed by atoms with Crippen molar-refractivity contribution in [3.63, 3.8) is 0 Å². The Morgan fingerprint density at radius 1 is 0.810 bits per heavy atom. The van der Waals surface area contributed by atoms with E-state index < -0.39 is 0 Å². The largest absolute Gasteiger partial charge is 0.397 e. The fourth-order valence-electron chi connectivity index (χ4n) is 2.59. The highest BCUT2D eigenvalue weighted by atomic mass is 15.1. The molecule has 0 unspecified atom stereocenters. The lowest BCUT2D eigenvalue weighted by atomic mass is 9.97. The molecule has 0 aliphatic carbocycles. The second-order valence-electron chi connectivity index (χ2n) is 4.86. The van der Waals surface area contributed by atoms with Gasteiger partial charge in [-0.1, -0.05) is 56.3 Å². The zero-order valence-corrected chi connectivity index (χ0v) is 12.9. The van der Waals surface area contributed by atoms with Crippen LogP contribution in [0.1, 0.15) is 30.5 Å². The Bertz CT molecular complexity index is 659. The number of para-hydroxylation sites is 1. The molecule has 2 aromatic rings. The van der Waals surface area contributed by atoms with Gasteiger partial charge < -0.3 is 16.4 Å². The molecule has 2 aromatic carbocycles. The highest BCUT2D eigenvalue weighted by Gasteiger charge is 2.18. The van der Waals surface area contributed by atoms with Crippen LogP contribution in [-0.2, 0) is 6.54 Å². The topological polar surface area (TPSA) is 55.3 Å². The van der Waals surface area contributed by atoms with E-state index in [0.29, 0.717) is 11.4 Å². The second-order valence-corrected chi connectivity index (χ2v) is 4.86. The van der Waals surface area contributed by atoms with Crippen LogP contribution >= 0.6 is 0 Å². The van der Waals surface area contributed by atoms with E-state index in [1.54, 1.807) is 0 Å². The number of anilines is 1. The Morgan fingerprint density at radius 3 is 2.05 bits per heavy atom. The highest BCUT2D eigenvalue weighted by Crippen LogP contribution is 2.32. The molecule has 3 rings (SSSR count). The van der Waals surface area contributed by atoms with Gasteiger partial charge in [-0.2, -0.15) is 0 Å². The van der Waals surface area contributed by atoms with Gasteiger partial charge in [0.2, 0.25) is 0 Å². The van der Waals surface area contributed by atoms with Crippen molar-refractivity contribution in [3.8, 4) is 0 Å². The van der Waals surface area contributed by atoms with Gasteiger partial charge in [-0.3, -0.25) is 0 Å². The summed E-state index contributed by atoms with van der Waals surface area (Å²) in [6.45, 7) is 4.82. The third kappa shape index (κ3) is 2.72. The van der Waals surface area contributed by atoms with Crippen molar-refractivity contribution in [2.24, 2.45) is 11.5 Å². The van der Waals surface area contributed by atoms with Gasteiger partial charge in [0.15, 0.2) is 0 Å². The molecule has 1 aliphatic heterocycles. The molecule has 0 bridgehead atoms. The molecule has 3 heteroatoms. The summed E-state index contributed by atoms with van der Waals surface area (Å²) in [5.74, 6) is 0. The van der Waals surface area contributed by atoms with Crippen LogP contribution in [0.15, 0.2) is 48.5 Å². The molecule has 1 aliphatic rings. The van der Waals surface area contributed by atoms with Crippen molar-refractivity contribution in [2.45, 2.75) is 20.4 Å². The average Bonchev–Trinajstić information content (AvgIpc) is 2.55. The van der Waals surface area contributed by atoms with E-state index in [1.165, 1.54) is 5.56 Å². The maximum absolute atomic E-state index is 6.26. The first-order chi connectivity index (χ1) is 10.2. The summed E-state index contributed by atoms with van der Waals surface area (Å²) in [4.78, 5) is 2.20. The number of benzene rings is 2. The van der Waals surface area contributed by atoms with E-state index in [1.807, 2.05) is 50.2 Å². The van der Waals surface area contributed by atoms with Crippen LogP contribution in [0.25, 0.3) is 11.4 Å². The Kier molecular flexibility index (Phi) is 4.53. The van der Waals surface area contributed by atoms with Gasteiger partial charge in [0.1, 0.15) is 0 Å². The predicted molar refractivity (Wildman–Crippen MR) is 91.5 cm³/mol. The van der Waals surface area contributed by atoms with Gasteiger partial charge in [-0.15, -0.1) is 0 Å². The molecular formula is C18H23N3. The predicted octanol–water partition coefficient (Wildman–Crippen LogP) is 3.41. The fourth-order valence-corrected chi connectivity index (χ4v) is 2.59. The van der Waals surface area contributed by atoms with E-state index in [9.17, 15) is 0 Å². The number of nitrogens with two attached hydrogens (primary N) is 2. The van der Waals surface area contributed by atoms with E-state index in [0.717, 1.165) is 23.4 Å². The molecule has 3 nitrogen and oxygen atoms in total. The van der Waals surface area contributed by atoms with Crippen molar-refractivity contribution in [2.75, 3.05) is 11.9 Å². The fraction of sp³-hybridized carbons (Fsp3) is 0.222. The molecule has 0 atom stereocenters. The SMILES string of the molecule is CC.CN1Cc2ccccc2/C(N)=C(/N)c2ccccc21. The molecule has 0 radical (unpaired) electrons. The number of hydrogen-bond acceptors (Lipinski definition) is 3. The maximum atomic E-state index is 6.26. The summed E-state index contributed by atoms with van der Waals surface area (Å²) in [5.41, 5.74) is 18.2. The van der Waals surface area contributed by atoms with Crippen LogP contribution in [0, 0.1) is 0 Å². The highest BCUT2D eigenvalue weighted by molar-refractivity contribution is 5.93. The van der Waals surface area contributed by atoms with Gasteiger partial charge in [0, 0.05) is 30.4 Å². The number of rotatable bonds is 0. The Labute approximate surface area is 126 Å². The van der Waals surface area contributed by atoms with Crippen molar-refractivity contribution in [1.29, 1.82) is 0 Å². The lowest BCUT2D eigenvalue weighted by Crippen LogP contribution is -2.23. The quantitative estimate of drug-likeness (QED) is 0.778. The zero-order valence-electron chi connectivity index (χ0n) is 12.9. The molecule has 0 spiro atoms. The molecule has 0 saturated carbocycles. The third-order valence-electron chi connectivity index (χ3n) is 3.61. The Morgan fingerprint density at radius 2 is 1.33 bits per heavy atom.